The molecule has 1 aliphatic rings. The predicted molar refractivity (Wildman–Crippen MR) is 108 cm³/mol. The van der Waals surface area contributed by atoms with Gasteiger partial charge in [0.15, 0.2) is 0 Å². The third kappa shape index (κ3) is 4.59. The van der Waals surface area contributed by atoms with Gasteiger partial charge in [0, 0.05) is 13.1 Å². The topological polar surface area (TPSA) is 66.5 Å². The number of nitrogens with zero attached hydrogens (tertiary/aromatic N) is 1. The summed E-state index contributed by atoms with van der Waals surface area (Å²) in [5, 5.41) is 4.91. The number of carbonyl (C=O) groups excluding carboxylic acids is 1. The van der Waals surface area contributed by atoms with Crippen LogP contribution >= 0.6 is 11.3 Å². The van der Waals surface area contributed by atoms with Crippen molar-refractivity contribution in [2.45, 2.75) is 36.9 Å². The van der Waals surface area contributed by atoms with Gasteiger partial charge in [0.25, 0.3) is 10.0 Å². The van der Waals surface area contributed by atoms with E-state index in [0.29, 0.717) is 23.6 Å². The van der Waals surface area contributed by atoms with Crippen LogP contribution in [0.4, 0.5) is 0 Å². The summed E-state index contributed by atoms with van der Waals surface area (Å²) in [7, 11) is -3.51. The van der Waals surface area contributed by atoms with Gasteiger partial charge in [-0.05, 0) is 35.8 Å². The Hall–Kier alpha value is -1.70. The first kappa shape index (κ1) is 20.0. The summed E-state index contributed by atoms with van der Waals surface area (Å²) in [6.45, 7) is 4.86. The molecule has 2 unspecified atom stereocenters. The highest BCUT2D eigenvalue weighted by atomic mass is 32.2. The van der Waals surface area contributed by atoms with Crippen LogP contribution in [-0.2, 0) is 14.8 Å². The lowest BCUT2D eigenvalue weighted by molar-refractivity contribution is -0.127. The number of amides is 1. The van der Waals surface area contributed by atoms with E-state index in [2.05, 4.69) is 19.2 Å². The number of benzene rings is 1. The molecule has 1 aliphatic heterocycles. The fraction of sp³-hybridized carbons (Fsp3) is 0.450. The number of hydrogen-bond donors (Lipinski definition) is 1. The van der Waals surface area contributed by atoms with E-state index in [4.69, 9.17) is 0 Å². The predicted octanol–water partition coefficient (Wildman–Crippen LogP) is 3.66. The Balaban J connectivity index is 1.71. The number of carbonyl (C=O) groups is 1. The van der Waals surface area contributed by atoms with Crippen LogP contribution in [0.15, 0.2) is 52.1 Å². The van der Waals surface area contributed by atoms with Crippen molar-refractivity contribution in [3.8, 4) is 0 Å². The monoisotopic (exact) mass is 406 g/mol. The highest BCUT2D eigenvalue weighted by Gasteiger charge is 2.34. The molecule has 27 heavy (non-hydrogen) atoms. The van der Waals surface area contributed by atoms with Gasteiger partial charge in [-0.15, -0.1) is 11.3 Å². The van der Waals surface area contributed by atoms with E-state index in [0.717, 1.165) is 5.56 Å². The minimum absolute atomic E-state index is 0.0661. The molecule has 2 aromatic rings. The van der Waals surface area contributed by atoms with Crippen LogP contribution < -0.4 is 5.32 Å². The zero-order valence-electron chi connectivity index (χ0n) is 15.7. The number of nitrogens with one attached hydrogen (secondary N) is 1. The van der Waals surface area contributed by atoms with Crippen molar-refractivity contribution in [2.24, 2.45) is 11.8 Å². The molecule has 0 spiro atoms. The molecule has 0 saturated carbocycles. The van der Waals surface area contributed by atoms with E-state index in [9.17, 15) is 13.2 Å². The third-order valence-electron chi connectivity index (χ3n) is 4.97. The maximum absolute atomic E-state index is 12.9. The number of sulfonamides is 1. The van der Waals surface area contributed by atoms with Gasteiger partial charge < -0.3 is 5.32 Å². The minimum atomic E-state index is -3.51. The first-order chi connectivity index (χ1) is 12.9. The zero-order chi connectivity index (χ0) is 19.4. The molecule has 1 saturated heterocycles. The molecule has 0 radical (unpaired) electrons. The Bertz CT molecular complexity index is 849. The normalized spacial score (nSPS) is 19.7. The molecule has 5 nitrogen and oxygen atoms in total. The highest BCUT2D eigenvalue weighted by Crippen LogP contribution is 2.28. The quantitative estimate of drug-likeness (QED) is 0.796. The summed E-state index contributed by atoms with van der Waals surface area (Å²) < 4.78 is 27.3. The Kier molecular flexibility index (Phi) is 6.34. The summed E-state index contributed by atoms with van der Waals surface area (Å²) in [5.41, 5.74) is 1.07. The Morgan fingerprint density at radius 3 is 2.56 bits per heavy atom. The molecule has 146 valence electrons. The molecular formula is C20H26N2O3S2. The average Bonchev–Trinajstić information content (AvgIpc) is 3.22. The summed E-state index contributed by atoms with van der Waals surface area (Å²) in [6.07, 6.45) is 1.41. The Morgan fingerprint density at radius 2 is 1.93 bits per heavy atom. The van der Waals surface area contributed by atoms with E-state index in [1.807, 2.05) is 30.3 Å². The second kappa shape index (κ2) is 8.54. The lowest BCUT2D eigenvalue weighted by Crippen LogP contribution is -2.46. The van der Waals surface area contributed by atoms with Crippen molar-refractivity contribution in [1.82, 2.24) is 9.62 Å². The fourth-order valence-corrected chi connectivity index (χ4v) is 6.15. The summed E-state index contributed by atoms with van der Waals surface area (Å²) in [5.74, 6) is -0.145. The molecule has 1 fully saturated rings. The fourth-order valence-electron chi connectivity index (χ4n) is 3.48. The van der Waals surface area contributed by atoms with Crippen LogP contribution in [0.5, 0.6) is 0 Å². The SMILES string of the molecule is CC(C)C(NC(=O)C1CCCN(S(=O)(=O)c2cccs2)C1)c1ccccc1. The van der Waals surface area contributed by atoms with Crippen LogP contribution in [0.25, 0.3) is 0 Å². The summed E-state index contributed by atoms with van der Waals surface area (Å²) in [6, 6.07) is 13.2. The average molecular weight is 407 g/mol. The lowest BCUT2D eigenvalue weighted by Gasteiger charge is -2.32. The largest absolute Gasteiger partial charge is 0.349 e. The van der Waals surface area contributed by atoms with Crippen molar-refractivity contribution in [2.75, 3.05) is 13.1 Å². The smallest absolute Gasteiger partial charge is 0.252 e. The molecule has 1 N–H and O–H groups in total. The molecule has 3 rings (SSSR count). The Labute approximate surface area is 165 Å². The minimum Gasteiger partial charge on any atom is -0.349 e. The van der Waals surface area contributed by atoms with Crippen molar-refractivity contribution >= 4 is 27.3 Å². The van der Waals surface area contributed by atoms with Gasteiger partial charge in [-0.25, -0.2) is 8.42 Å². The van der Waals surface area contributed by atoms with Crippen LogP contribution in [0, 0.1) is 11.8 Å². The standard InChI is InChI=1S/C20H26N2O3S2/c1-15(2)19(16-8-4-3-5-9-16)21-20(23)17-10-6-12-22(14-17)27(24,25)18-11-7-13-26-18/h3-5,7-9,11,13,15,17,19H,6,10,12,14H2,1-2H3,(H,21,23). The molecule has 1 amide bonds. The van der Waals surface area contributed by atoms with Crippen molar-refractivity contribution in [1.29, 1.82) is 0 Å². The van der Waals surface area contributed by atoms with Gasteiger partial charge in [0.2, 0.25) is 5.91 Å². The molecule has 0 bridgehead atoms. The molecule has 1 aromatic carbocycles. The number of rotatable bonds is 6. The molecule has 2 atom stereocenters. The van der Waals surface area contributed by atoms with Crippen molar-refractivity contribution < 1.29 is 13.2 Å². The van der Waals surface area contributed by atoms with E-state index in [1.165, 1.54) is 15.6 Å². The number of hydrogen-bond acceptors (Lipinski definition) is 4. The van der Waals surface area contributed by atoms with Gasteiger partial charge in [-0.1, -0.05) is 50.2 Å². The second-order valence-corrected chi connectivity index (χ2v) is 10.4. The summed E-state index contributed by atoms with van der Waals surface area (Å²) >= 11 is 1.21. The van der Waals surface area contributed by atoms with Crippen molar-refractivity contribution in [3.05, 3.63) is 53.4 Å². The van der Waals surface area contributed by atoms with E-state index in [1.54, 1.807) is 17.5 Å². The first-order valence-electron chi connectivity index (χ1n) is 9.28. The van der Waals surface area contributed by atoms with Crippen LogP contribution in [-0.4, -0.2) is 31.7 Å². The van der Waals surface area contributed by atoms with Crippen LogP contribution in [0.1, 0.15) is 38.3 Å². The van der Waals surface area contributed by atoms with Crippen LogP contribution in [0.3, 0.4) is 0 Å². The number of thiophene rings is 1. The Morgan fingerprint density at radius 1 is 1.19 bits per heavy atom. The molecule has 1 aromatic heterocycles. The maximum atomic E-state index is 12.9. The molecule has 0 aliphatic carbocycles. The zero-order valence-corrected chi connectivity index (χ0v) is 17.3. The van der Waals surface area contributed by atoms with Gasteiger partial charge >= 0.3 is 0 Å². The van der Waals surface area contributed by atoms with E-state index < -0.39 is 10.0 Å². The summed E-state index contributed by atoms with van der Waals surface area (Å²) in [4.78, 5) is 12.9. The maximum Gasteiger partial charge on any atom is 0.252 e. The second-order valence-electron chi connectivity index (χ2n) is 7.28. The molecule has 2 heterocycles. The van der Waals surface area contributed by atoms with Gasteiger partial charge in [-0.3, -0.25) is 4.79 Å². The first-order valence-corrected chi connectivity index (χ1v) is 11.6. The van der Waals surface area contributed by atoms with Gasteiger partial charge in [-0.2, -0.15) is 4.31 Å². The van der Waals surface area contributed by atoms with Gasteiger partial charge in [0.1, 0.15) is 4.21 Å². The van der Waals surface area contributed by atoms with Crippen molar-refractivity contribution in [3.63, 3.8) is 0 Å². The lowest BCUT2D eigenvalue weighted by atomic mass is 9.93. The highest BCUT2D eigenvalue weighted by molar-refractivity contribution is 7.91. The van der Waals surface area contributed by atoms with Crippen LogP contribution in [0.2, 0.25) is 0 Å². The molecular weight excluding hydrogens is 380 g/mol. The molecule has 7 heteroatoms. The third-order valence-corrected chi connectivity index (χ3v) is 8.21. The number of piperidine rings is 1. The van der Waals surface area contributed by atoms with E-state index in [-0.39, 0.29) is 30.3 Å². The van der Waals surface area contributed by atoms with Gasteiger partial charge in [0.05, 0.1) is 12.0 Å². The van der Waals surface area contributed by atoms with E-state index >= 15 is 0 Å².